The summed E-state index contributed by atoms with van der Waals surface area (Å²) in [6.45, 7) is 12.9. The van der Waals surface area contributed by atoms with E-state index in [2.05, 4.69) is 88.5 Å². The van der Waals surface area contributed by atoms with Crippen molar-refractivity contribution in [2.24, 2.45) is 17.1 Å². The first kappa shape index (κ1) is 33.7. The lowest BCUT2D eigenvalue weighted by Crippen LogP contribution is -2.67. The second-order valence-electron chi connectivity index (χ2n) is 14.1. The zero-order chi connectivity index (χ0) is 33.3. The van der Waals surface area contributed by atoms with E-state index in [-0.39, 0.29) is 23.0 Å². The number of nitrogens with zero attached hydrogens (tertiary/aromatic N) is 2. The van der Waals surface area contributed by atoms with Crippen molar-refractivity contribution in [3.8, 4) is 0 Å². The summed E-state index contributed by atoms with van der Waals surface area (Å²) in [4.78, 5) is 29.9. The molecule has 0 spiro atoms. The highest BCUT2D eigenvalue weighted by Gasteiger charge is 2.51. The molecule has 2 unspecified atom stereocenters. The van der Waals surface area contributed by atoms with Gasteiger partial charge in [-0.2, -0.15) is 0 Å². The molecule has 2 heterocycles. The Morgan fingerprint density at radius 3 is 2.11 bits per heavy atom. The van der Waals surface area contributed by atoms with Crippen LogP contribution in [0.25, 0.3) is 5.57 Å². The number of carbonyl (C=O) groups excluding carboxylic acids is 2. The molecule has 1 fully saturated rings. The second-order valence-corrected chi connectivity index (χ2v) is 18.7. The minimum atomic E-state index is -2.74. The van der Waals surface area contributed by atoms with Crippen LogP contribution in [-0.2, 0) is 9.22 Å². The van der Waals surface area contributed by atoms with Crippen molar-refractivity contribution in [2.75, 3.05) is 32.8 Å². The lowest BCUT2D eigenvalue weighted by molar-refractivity contribution is -0.121. The zero-order valence-corrected chi connectivity index (χ0v) is 29.0. The number of nitrogens with one attached hydrogen (secondary N) is 1. The number of carbonyl (C=O) groups is 2. The van der Waals surface area contributed by atoms with Crippen molar-refractivity contribution in [3.63, 3.8) is 0 Å². The zero-order valence-electron chi connectivity index (χ0n) is 27.2. The van der Waals surface area contributed by atoms with Gasteiger partial charge in [-0.05, 0) is 33.1 Å². The number of hydrogen-bond donors (Lipinski definition) is 2. The maximum absolute atomic E-state index is 14.1. The molecule has 1 saturated heterocycles. The van der Waals surface area contributed by atoms with Gasteiger partial charge in [0, 0.05) is 43.8 Å². The minimum absolute atomic E-state index is 0.160. The van der Waals surface area contributed by atoms with E-state index < -0.39 is 32.0 Å². The van der Waals surface area contributed by atoms with Crippen LogP contribution in [-0.4, -0.2) is 68.9 Å². The molecule has 0 saturated carbocycles. The number of primary amides is 1. The molecule has 3 aromatic rings. The molecule has 0 aliphatic carbocycles. The molecule has 10 heteroatoms. The number of fused-ring (bicyclic) bond motifs is 1. The standard InChI is InChI=1S/C36H44ClFN4O3Si/c1-35(2,3)46(27-15-8-6-9-16-27,28-17-10-7-11-18-28)45-24-36(4,5)23-40-34(44)41-19-20-42-29(22-41)31(33(39)43)30(32(42)37)25-13-12-14-26(38)21-25/h6-18,21,29,31H,19-20,22-24H2,1-5H3,(H2,39,43)(H,40,44). The van der Waals surface area contributed by atoms with E-state index in [4.69, 9.17) is 21.8 Å². The molecule has 5 rings (SSSR count). The third-order valence-electron chi connectivity index (χ3n) is 9.13. The molecule has 3 N–H and O–H groups in total. The quantitative estimate of drug-likeness (QED) is 0.245. The molecule has 3 amide bonds. The average molecular weight is 663 g/mol. The van der Waals surface area contributed by atoms with Crippen LogP contribution >= 0.6 is 11.6 Å². The van der Waals surface area contributed by atoms with E-state index in [0.29, 0.717) is 42.5 Å². The molecule has 46 heavy (non-hydrogen) atoms. The first-order valence-electron chi connectivity index (χ1n) is 15.7. The molecule has 2 aliphatic heterocycles. The molecule has 244 valence electrons. The van der Waals surface area contributed by atoms with Crippen LogP contribution in [0.3, 0.4) is 0 Å². The fraction of sp³-hybridized carbons (Fsp3) is 0.389. The molecule has 0 aromatic heterocycles. The van der Waals surface area contributed by atoms with E-state index in [1.165, 1.54) is 22.5 Å². The molecule has 0 bridgehead atoms. The Hall–Kier alpha value is -3.66. The highest BCUT2D eigenvalue weighted by molar-refractivity contribution is 6.99. The van der Waals surface area contributed by atoms with Gasteiger partial charge in [-0.3, -0.25) is 4.79 Å². The SMILES string of the molecule is CC(C)(CNC(=O)N1CCN2C(Cl)=C(c3cccc(F)c3)C(C(N)=O)C2C1)CO[Si](c1ccccc1)(c1ccccc1)C(C)(C)C. The van der Waals surface area contributed by atoms with Crippen LogP contribution in [0.2, 0.25) is 5.04 Å². The van der Waals surface area contributed by atoms with Gasteiger partial charge in [0.2, 0.25) is 5.91 Å². The van der Waals surface area contributed by atoms with E-state index in [1.54, 1.807) is 17.0 Å². The van der Waals surface area contributed by atoms with Crippen LogP contribution in [0, 0.1) is 17.2 Å². The van der Waals surface area contributed by atoms with E-state index in [1.807, 2.05) is 17.0 Å². The third kappa shape index (κ3) is 6.59. The largest absolute Gasteiger partial charge is 0.407 e. The van der Waals surface area contributed by atoms with Gasteiger partial charge in [0.05, 0.1) is 12.0 Å². The van der Waals surface area contributed by atoms with Crippen molar-refractivity contribution < 1.29 is 18.4 Å². The predicted molar refractivity (Wildman–Crippen MR) is 185 cm³/mol. The van der Waals surface area contributed by atoms with Crippen molar-refractivity contribution in [1.82, 2.24) is 15.1 Å². The summed E-state index contributed by atoms with van der Waals surface area (Å²) in [7, 11) is -2.74. The van der Waals surface area contributed by atoms with E-state index in [0.717, 1.165) is 0 Å². The monoisotopic (exact) mass is 662 g/mol. The first-order chi connectivity index (χ1) is 21.7. The van der Waals surface area contributed by atoms with Gasteiger partial charge in [0.15, 0.2) is 0 Å². The number of rotatable bonds is 9. The number of nitrogens with two attached hydrogens (primary N) is 1. The van der Waals surface area contributed by atoms with Crippen LogP contribution < -0.4 is 21.4 Å². The first-order valence-corrected chi connectivity index (χ1v) is 18.0. The number of urea groups is 1. The molecule has 7 nitrogen and oxygen atoms in total. The van der Waals surface area contributed by atoms with Gasteiger partial charge < -0.3 is 25.3 Å². The predicted octanol–water partition coefficient (Wildman–Crippen LogP) is 5.15. The maximum atomic E-state index is 14.1. The number of halogens is 2. The summed E-state index contributed by atoms with van der Waals surface area (Å²) >= 11 is 6.76. The Kier molecular flexibility index (Phi) is 9.68. The minimum Gasteiger partial charge on any atom is -0.407 e. The summed E-state index contributed by atoms with van der Waals surface area (Å²) in [5.74, 6) is -1.76. The Bertz CT molecular complexity index is 1560. The van der Waals surface area contributed by atoms with Gasteiger partial charge in [-0.15, -0.1) is 0 Å². The Labute approximate surface area is 277 Å². The molecule has 2 atom stereocenters. The lowest BCUT2D eigenvalue weighted by atomic mass is 9.88. The number of benzene rings is 3. The average Bonchev–Trinajstić information content (AvgIpc) is 3.32. The fourth-order valence-corrected chi connectivity index (χ4v) is 12.0. The van der Waals surface area contributed by atoms with Gasteiger partial charge in [0.1, 0.15) is 11.0 Å². The highest BCUT2D eigenvalue weighted by atomic mass is 35.5. The van der Waals surface area contributed by atoms with Crippen LogP contribution in [0.15, 0.2) is 90.1 Å². The van der Waals surface area contributed by atoms with Crippen molar-refractivity contribution in [1.29, 1.82) is 0 Å². The Morgan fingerprint density at radius 1 is 0.957 bits per heavy atom. The van der Waals surface area contributed by atoms with Gasteiger partial charge in [0.25, 0.3) is 8.32 Å². The molecule has 2 aliphatic rings. The summed E-state index contributed by atoms with van der Waals surface area (Å²) < 4.78 is 21.2. The fourth-order valence-electron chi connectivity index (χ4n) is 6.83. The maximum Gasteiger partial charge on any atom is 0.317 e. The van der Waals surface area contributed by atoms with E-state index in [9.17, 15) is 14.0 Å². The van der Waals surface area contributed by atoms with Gasteiger partial charge >= 0.3 is 6.03 Å². The molecule has 3 aromatic carbocycles. The molecular formula is C36H44ClFN4O3Si. The van der Waals surface area contributed by atoms with Crippen LogP contribution in [0.5, 0.6) is 0 Å². The smallest absolute Gasteiger partial charge is 0.317 e. The van der Waals surface area contributed by atoms with Crippen LogP contribution in [0.4, 0.5) is 9.18 Å². The van der Waals surface area contributed by atoms with E-state index >= 15 is 0 Å². The normalized spacial score (nSPS) is 18.8. The van der Waals surface area contributed by atoms with Crippen molar-refractivity contribution >= 4 is 47.8 Å². The van der Waals surface area contributed by atoms with Gasteiger partial charge in [-0.1, -0.05) is 119 Å². The van der Waals surface area contributed by atoms with Gasteiger partial charge in [-0.25, -0.2) is 9.18 Å². The van der Waals surface area contributed by atoms with Crippen molar-refractivity contribution in [3.05, 3.63) is 101 Å². The number of hydrogen-bond acceptors (Lipinski definition) is 4. The summed E-state index contributed by atoms with van der Waals surface area (Å²) in [5, 5.41) is 5.75. The molecular weight excluding hydrogens is 619 g/mol. The Morgan fingerprint density at radius 2 is 1.57 bits per heavy atom. The van der Waals surface area contributed by atoms with Crippen molar-refractivity contribution in [2.45, 2.75) is 45.7 Å². The number of amides is 3. The summed E-state index contributed by atoms with van der Waals surface area (Å²) in [5.41, 5.74) is 6.50. The summed E-state index contributed by atoms with van der Waals surface area (Å²) in [6, 6.07) is 26.3. The third-order valence-corrected chi connectivity index (χ3v) is 14.5. The Balaban J connectivity index is 1.29. The highest BCUT2D eigenvalue weighted by Crippen LogP contribution is 2.44. The second kappa shape index (κ2) is 13.2. The summed E-state index contributed by atoms with van der Waals surface area (Å²) in [6.07, 6.45) is 0. The number of piperazine rings is 1. The lowest BCUT2D eigenvalue weighted by Gasteiger charge is -2.45. The van der Waals surface area contributed by atoms with Crippen LogP contribution in [0.1, 0.15) is 40.2 Å². The molecule has 0 radical (unpaired) electrons. The topological polar surface area (TPSA) is 87.9 Å².